The van der Waals surface area contributed by atoms with Crippen LogP contribution in [0.5, 0.6) is 0 Å². The van der Waals surface area contributed by atoms with E-state index in [1.54, 1.807) is 0 Å². The highest BCUT2D eigenvalue weighted by atomic mass is 31.2. The Morgan fingerprint density at radius 1 is 0.652 bits per heavy atom. The molecule has 0 aromatic heterocycles. The molecule has 0 aliphatic rings. The molecule has 0 rings (SSSR count). The van der Waals surface area contributed by atoms with E-state index < -0.39 is 15.9 Å². The van der Waals surface area contributed by atoms with Gasteiger partial charge in [-0.25, -0.2) is 0 Å². The normalized spacial score (nSPS) is 12.7. The summed E-state index contributed by atoms with van der Waals surface area (Å²) in [6.07, 6.45) is 7.17. The van der Waals surface area contributed by atoms with Crippen LogP contribution in [0, 0.1) is 0 Å². The van der Waals surface area contributed by atoms with Crippen molar-refractivity contribution in [1.29, 1.82) is 0 Å². The number of hydrogen-bond donors (Lipinski definition) is 0. The topological polar surface area (TPSA) is 44.8 Å². The van der Waals surface area contributed by atoms with Crippen LogP contribution in [0.4, 0.5) is 0 Å². The van der Waals surface area contributed by atoms with Crippen LogP contribution in [0.1, 0.15) is 66.7 Å². The first-order valence-electron chi connectivity index (χ1n) is 9.50. The lowest BCUT2D eigenvalue weighted by atomic mass is 10.5. The van der Waals surface area contributed by atoms with E-state index in [9.17, 15) is 4.57 Å². The van der Waals surface area contributed by atoms with Gasteiger partial charge in [0.05, 0.1) is 7.14 Å². The summed E-state index contributed by atoms with van der Waals surface area (Å²) in [4.78, 5) is 0. The maximum atomic E-state index is 13.1. The average molecular weight is 367 g/mol. The monoisotopic (exact) mass is 366 g/mol. The Hall–Kier alpha value is 0.327. The predicted octanol–water partition coefficient (Wildman–Crippen LogP) is 5.39. The fourth-order valence-corrected chi connectivity index (χ4v) is 9.86. The van der Waals surface area contributed by atoms with Gasteiger partial charge in [-0.2, -0.15) is 0 Å². The fraction of sp³-hybridized carbons (Fsp3) is 1.00. The van der Waals surface area contributed by atoms with Gasteiger partial charge in [0.2, 0.25) is 0 Å². The van der Waals surface area contributed by atoms with E-state index >= 15 is 0 Å². The van der Waals surface area contributed by atoms with Crippen LogP contribution in [0.2, 0.25) is 6.04 Å². The van der Waals surface area contributed by atoms with E-state index in [4.69, 9.17) is 13.3 Å². The third-order valence-corrected chi connectivity index (χ3v) is 10.4. The molecule has 140 valence electrons. The second kappa shape index (κ2) is 13.6. The molecule has 0 amide bonds. The summed E-state index contributed by atoms with van der Waals surface area (Å²) in [5.74, 6) is 0. The molecule has 4 nitrogen and oxygen atoms in total. The molecule has 0 aromatic rings. The maximum Gasteiger partial charge on any atom is 0.501 e. The highest BCUT2D eigenvalue weighted by molar-refractivity contribution is 7.64. The molecular formula is C17H39O4PSi. The molecule has 23 heavy (non-hydrogen) atoms. The average Bonchev–Trinajstić information content (AvgIpc) is 2.54. The van der Waals surface area contributed by atoms with Crippen LogP contribution in [0.15, 0.2) is 0 Å². The molecular weight excluding hydrogens is 327 g/mol. The SMILES string of the molecule is CCCO[Si](CCP(=O)(CCC)CCC)(OCCC)OCCC. The lowest BCUT2D eigenvalue weighted by Crippen LogP contribution is -2.47. The Kier molecular flexibility index (Phi) is 13.8. The number of rotatable bonds is 16. The smallest absolute Gasteiger partial charge is 0.373 e. The second-order valence-electron chi connectivity index (χ2n) is 6.21. The Balaban J connectivity index is 5.01. The highest BCUT2D eigenvalue weighted by Gasteiger charge is 2.42. The highest BCUT2D eigenvalue weighted by Crippen LogP contribution is 2.48. The van der Waals surface area contributed by atoms with Gasteiger partial charge in [-0.3, -0.25) is 0 Å². The van der Waals surface area contributed by atoms with Crippen molar-refractivity contribution in [3.63, 3.8) is 0 Å². The third-order valence-electron chi connectivity index (χ3n) is 3.67. The Bertz CT molecular complexity index is 294. The largest absolute Gasteiger partial charge is 0.501 e. The first-order chi connectivity index (χ1) is 11.0. The summed E-state index contributed by atoms with van der Waals surface area (Å²) in [5, 5.41) is 0. The molecule has 0 heterocycles. The van der Waals surface area contributed by atoms with Gasteiger partial charge < -0.3 is 17.8 Å². The third kappa shape index (κ3) is 10.0. The minimum atomic E-state index is -2.70. The van der Waals surface area contributed by atoms with Crippen molar-refractivity contribution in [2.75, 3.05) is 38.3 Å². The summed E-state index contributed by atoms with van der Waals surface area (Å²) in [5.41, 5.74) is 0. The summed E-state index contributed by atoms with van der Waals surface area (Å²) in [6, 6.07) is 0.699. The molecule has 0 spiro atoms. The summed E-state index contributed by atoms with van der Waals surface area (Å²) >= 11 is 0. The van der Waals surface area contributed by atoms with Crippen LogP contribution >= 0.6 is 7.14 Å². The van der Waals surface area contributed by atoms with Gasteiger partial charge in [-0.15, -0.1) is 0 Å². The molecule has 6 heteroatoms. The molecule has 0 fully saturated rings. The lowest BCUT2D eigenvalue weighted by molar-refractivity contribution is 0.0605. The van der Waals surface area contributed by atoms with Crippen molar-refractivity contribution >= 4 is 15.9 Å². The molecule has 0 unspecified atom stereocenters. The van der Waals surface area contributed by atoms with Crippen LogP contribution in [-0.4, -0.2) is 47.1 Å². The summed E-state index contributed by atoms with van der Waals surface area (Å²) < 4.78 is 31.5. The molecule has 0 aliphatic carbocycles. The Labute approximate surface area is 145 Å². The maximum absolute atomic E-state index is 13.1. The van der Waals surface area contributed by atoms with Crippen LogP contribution in [0.3, 0.4) is 0 Å². The van der Waals surface area contributed by atoms with E-state index in [-0.39, 0.29) is 0 Å². The zero-order chi connectivity index (χ0) is 17.6. The minimum Gasteiger partial charge on any atom is -0.373 e. The molecule has 0 N–H and O–H groups in total. The second-order valence-corrected chi connectivity index (χ2v) is 12.4. The first kappa shape index (κ1) is 23.3. The Morgan fingerprint density at radius 3 is 1.35 bits per heavy atom. The van der Waals surface area contributed by atoms with Gasteiger partial charge in [0.25, 0.3) is 0 Å². The molecule has 0 radical (unpaired) electrons. The van der Waals surface area contributed by atoms with Gasteiger partial charge in [-0.05, 0) is 32.1 Å². The van der Waals surface area contributed by atoms with Crippen LogP contribution in [-0.2, 0) is 17.8 Å². The van der Waals surface area contributed by atoms with Gasteiger partial charge in [-0.1, -0.05) is 34.6 Å². The van der Waals surface area contributed by atoms with E-state index in [1.807, 2.05) is 0 Å². The van der Waals surface area contributed by atoms with Gasteiger partial charge in [0.1, 0.15) is 0 Å². The Morgan fingerprint density at radius 2 is 1.04 bits per heavy atom. The summed E-state index contributed by atoms with van der Waals surface area (Å²) in [6.45, 7) is 12.5. The van der Waals surface area contributed by atoms with Crippen molar-refractivity contribution in [1.82, 2.24) is 0 Å². The van der Waals surface area contributed by atoms with E-state index in [1.165, 1.54) is 0 Å². The van der Waals surface area contributed by atoms with E-state index in [0.717, 1.165) is 44.4 Å². The molecule has 0 saturated heterocycles. The van der Waals surface area contributed by atoms with Gasteiger partial charge in [0, 0.05) is 44.4 Å². The number of hydrogen-bond acceptors (Lipinski definition) is 4. The van der Waals surface area contributed by atoms with Crippen molar-refractivity contribution in [2.24, 2.45) is 0 Å². The standard InChI is InChI=1S/C17H39O4PSi/c1-6-11-19-23(20-12-7-2,21-13-8-3)17-16-22(18,14-9-4)15-10-5/h6-17H2,1-5H3. The van der Waals surface area contributed by atoms with Crippen molar-refractivity contribution < 1.29 is 17.8 Å². The molecule has 0 bridgehead atoms. The predicted molar refractivity (Wildman–Crippen MR) is 102 cm³/mol. The summed E-state index contributed by atoms with van der Waals surface area (Å²) in [7, 11) is -4.82. The van der Waals surface area contributed by atoms with Crippen LogP contribution < -0.4 is 0 Å². The van der Waals surface area contributed by atoms with Crippen molar-refractivity contribution in [2.45, 2.75) is 72.8 Å². The van der Waals surface area contributed by atoms with Crippen molar-refractivity contribution in [3.8, 4) is 0 Å². The zero-order valence-corrected chi connectivity index (χ0v) is 18.0. The van der Waals surface area contributed by atoms with Gasteiger partial charge in [0.15, 0.2) is 0 Å². The van der Waals surface area contributed by atoms with E-state index in [2.05, 4.69) is 34.6 Å². The quantitative estimate of drug-likeness (QED) is 0.271. The molecule has 0 aromatic carbocycles. The molecule has 0 atom stereocenters. The lowest BCUT2D eigenvalue weighted by Gasteiger charge is -2.31. The first-order valence-corrected chi connectivity index (χ1v) is 13.7. The molecule has 0 saturated carbocycles. The fourth-order valence-electron chi connectivity index (χ4n) is 2.61. The van der Waals surface area contributed by atoms with Crippen LogP contribution in [0.25, 0.3) is 0 Å². The van der Waals surface area contributed by atoms with Crippen molar-refractivity contribution in [3.05, 3.63) is 0 Å². The van der Waals surface area contributed by atoms with Gasteiger partial charge >= 0.3 is 8.80 Å². The zero-order valence-electron chi connectivity index (χ0n) is 16.1. The minimum absolute atomic E-state index is 0.658. The van der Waals surface area contributed by atoms with E-state index in [0.29, 0.717) is 32.0 Å². The molecule has 0 aliphatic heterocycles.